The fourth-order valence-electron chi connectivity index (χ4n) is 1.01. The van der Waals surface area contributed by atoms with Gasteiger partial charge in [-0.05, 0) is 19.1 Å². The standard InChI is InChI=1S/C10H11Cl3O2/c1-2-14-3-4-15-10-8(12)5-7(11)6-9(10)13/h5-6H,2-4H2,1H3. The van der Waals surface area contributed by atoms with Crippen LogP contribution in [0.2, 0.25) is 15.1 Å². The van der Waals surface area contributed by atoms with E-state index in [-0.39, 0.29) is 0 Å². The van der Waals surface area contributed by atoms with Crippen LogP contribution in [0, 0.1) is 0 Å². The van der Waals surface area contributed by atoms with Crippen LogP contribution in [0.4, 0.5) is 0 Å². The second-order valence-electron chi connectivity index (χ2n) is 2.74. The van der Waals surface area contributed by atoms with E-state index in [0.29, 0.717) is 40.6 Å². The summed E-state index contributed by atoms with van der Waals surface area (Å²) in [5, 5.41) is 1.30. The van der Waals surface area contributed by atoms with Crippen molar-refractivity contribution in [3.63, 3.8) is 0 Å². The first-order chi connectivity index (χ1) is 7.15. The number of ether oxygens (including phenoxy) is 2. The van der Waals surface area contributed by atoms with Gasteiger partial charge in [0.25, 0.3) is 0 Å². The number of halogens is 3. The van der Waals surface area contributed by atoms with E-state index in [1.165, 1.54) is 0 Å². The van der Waals surface area contributed by atoms with E-state index in [4.69, 9.17) is 44.3 Å². The maximum Gasteiger partial charge on any atom is 0.156 e. The molecule has 0 unspecified atom stereocenters. The Hall–Kier alpha value is -0.150. The van der Waals surface area contributed by atoms with Gasteiger partial charge in [-0.1, -0.05) is 34.8 Å². The Morgan fingerprint density at radius 1 is 1.07 bits per heavy atom. The van der Waals surface area contributed by atoms with Gasteiger partial charge in [0.2, 0.25) is 0 Å². The van der Waals surface area contributed by atoms with E-state index >= 15 is 0 Å². The van der Waals surface area contributed by atoms with Crippen LogP contribution in [0.3, 0.4) is 0 Å². The predicted octanol–water partition coefficient (Wildman–Crippen LogP) is 4.06. The monoisotopic (exact) mass is 268 g/mol. The van der Waals surface area contributed by atoms with Crippen LogP contribution in [0.25, 0.3) is 0 Å². The summed E-state index contributed by atoms with van der Waals surface area (Å²) in [5.41, 5.74) is 0. The van der Waals surface area contributed by atoms with Gasteiger partial charge in [-0.2, -0.15) is 0 Å². The van der Waals surface area contributed by atoms with Gasteiger partial charge in [-0.15, -0.1) is 0 Å². The Morgan fingerprint density at radius 2 is 1.67 bits per heavy atom. The van der Waals surface area contributed by atoms with Crippen LogP contribution in [-0.4, -0.2) is 19.8 Å². The van der Waals surface area contributed by atoms with Gasteiger partial charge < -0.3 is 9.47 Å². The number of hydrogen-bond acceptors (Lipinski definition) is 2. The summed E-state index contributed by atoms with van der Waals surface area (Å²) in [4.78, 5) is 0. The Balaban J connectivity index is 2.60. The van der Waals surface area contributed by atoms with Crippen molar-refractivity contribution in [3.05, 3.63) is 27.2 Å². The average molecular weight is 270 g/mol. The van der Waals surface area contributed by atoms with Crippen LogP contribution < -0.4 is 4.74 Å². The first-order valence-electron chi connectivity index (χ1n) is 4.50. The van der Waals surface area contributed by atoms with Gasteiger partial charge in [-0.3, -0.25) is 0 Å². The van der Waals surface area contributed by atoms with E-state index in [9.17, 15) is 0 Å². The molecule has 0 N–H and O–H groups in total. The zero-order chi connectivity index (χ0) is 11.3. The first-order valence-corrected chi connectivity index (χ1v) is 5.63. The summed E-state index contributed by atoms with van der Waals surface area (Å²) in [7, 11) is 0. The van der Waals surface area contributed by atoms with Gasteiger partial charge in [-0.25, -0.2) is 0 Å². The molecule has 0 bridgehead atoms. The summed E-state index contributed by atoms with van der Waals surface area (Å²) in [6, 6.07) is 3.18. The van der Waals surface area contributed by atoms with E-state index in [2.05, 4.69) is 0 Å². The third-order valence-corrected chi connectivity index (χ3v) is 2.42. The molecule has 5 heteroatoms. The highest BCUT2D eigenvalue weighted by atomic mass is 35.5. The fourth-order valence-corrected chi connectivity index (χ4v) is 1.94. The number of hydrogen-bond donors (Lipinski definition) is 0. The lowest BCUT2D eigenvalue weighted by atomic mass is 10.3. The molecule has 0 heterocycles. The fraction of sp³-hybridized carbons (Fsp3) is 0.400. The molecule has 0 fully saturated rings. The lowest BCUT2D eigenvalue weighted by Crippen LogP contribution is -2.06. The SMILES string of the molecule is CCOCCOc1c(Cl)cc(Cl)cc1Cl. The summed E-state index contributed by atoms with van der Waals surface area (Å²) < 4.78 is 10.5. The van der Waals surface area contributed by atoms with Gasteiger partial charge in [0, 0.05) is 11.6 Å². The van der Waals surface area contributed by atoms with Crippen LogP contribution in [-0.2, 0) is 4.74 Å². The van der Waals surface area contributed by atoms with Crippen LogP contribution in [0.1, 0.15) is 6.92 Å². The molecule has 0 aliphatic carbocycles. The third-order valence-electron chi connectivity index (χ3n) is 1.64. The topological polar surface area (TPSA) is 18.5 Å². The molecule has 0 atom stereocenters. The summed E-state index contributed by atoms with van der Waals surface area (Å²) >= 11 is 17.6. The first kappa shape index (κ1) is 12.9. The summed E-state index contributed by atoms with van der Waals surface area (Å²) in [6.45, 7) is 3.49. The molecular formula is C10H11Cl3O2. The van der Waals surface area contributed by atoms with Crippen molar-refractivity contribution >= 4 is 34.8 Å². The highest BCUT2D eigenvalue weighted by molar-refractivity contribution is 6.40. The Bertz CT molecular complexity index is 305. The second kappa shape index (κ2) is 6.44. The predicted molar refractivity (Wildman–Crippen MR) is 63.5 cm³/mol. The van der Waals surface area contributed by atoms with Gasteiger partial charge >= 0.3 is 0 Å². The minimum atomic E-state index is 0.406. The minimum absolute atomic E-state index is 0.406. The van der Waals surface area contributed by atoms with Crippen molar-refractivity contribution in [1.29, 1.82) is 0 Å². The molecule has 2 nitrogen and oxygen atoms in total. The Morgan fingerprint density at radius 3 is 2.20 bits per heavy atom. The summed E-state index contributed by atoms with van der Waals surface area (Å²) in [6.07, 6.45) is 0. The molecule has 84 valence electrons. The largest absolute Gasteiger partial charge is 0.488 e. The van der Waals surface area contributed by atoms with E-state index in [0.717, 1.165) is 0 Å². The molecular weight excluding hydrogens is 258 g/mol. The molecule has 0 aromatic heterocycles. The molecule has 0 aliphatic heterocycles. The molecule has 1 aromatic rings. The number of rotatable bonds is 5. The second-order valence-corrected chi connectivity index (χ2v) is 3.99. The molecule has 1 aromatic carbocycles. The van der Waals surface area contributed by atoms with Crippen molar-refractivity contribution in [2.75, 3.05) is 19.8 Å². The molecule has 0 spiro atoms. The Kier molecular flexibility index (Phi) is 5.54. The van der Waals surface area contributed by atoms with E-state index in [1.807, 2.05) is 6.92 Å². The zero-order valence-corrected chi connectivity index (χ0v) is 10.5. The van der Waals surface area contributed by atoms with Crippen LogP contribution in [0.15, 0.2) is 12.1 Å². The minimum Gasteiger partial charge on any atom is -0.488 e. The molecule has 0 saturated heterocycles. The van der Waals surface area contributed by atoms with Crippen molar-refractivity contribution < 1.29 is 9.47 Å². The van der Waals surface area contributed by atoms with Crippen LogP contribution in [0.5, 0.6) is 5.75 Å². The zero-order valence-electron chi connectivity index (χ0n) is 8.23. The van der Waals surface area contributed by atoms with Crippen molar-refractivity contribution in [3.8, 4) is 5.75 Å². The normalized spacial score (nSPS) is 10.4. The molecule has 0 saturated carbocycles. The smallest absolute Gasteiger partial charge is 0.156 e. The highest BCUT2D eigenvalue weighted by Crippen LogP contribution is 2.35. The van der Waals surface area contributed by atoms with Crippen LogP contribution >= 0.6 is 34.8 Å². The maximum atomic E-state index is 5.91. The Labute approximate surface area is 104 Å². The van der Waals surface area contributed by atoms with Crippen molar-refractivity contribution in [2.45, 2.75) is 6.92 Å². The molecule has 15 heavy (non-hydrogen) atoms. The van der Waals surface area contributed by atoms with Gasteiger partial charge in [0.1, 0.15) is 6.61 Å². The van der Waals surface area contributed by atoms with Gasteiger partial charge in [0.15, 0.2) is 5.75 Å². The average Bonchev–Trinajstić information content (AvgIpc) is 2.15. The van der Waals surface area contributed by atoms with Crippen molar-refractivity contribution in [1.82, 2.24) is 0 Å². The molecule has 0 aliphatic rings. The van der Waals surface area contributed by atoms with E-state index < -0.39 is 0 Å². The number of benzene rings is 1. The third kappa shape index (κ3) is 4.07. The van der Waals surface area contributed by atoms with Crippen molar-refractivity contribution in [2.24, 2.45) is 0 Å². The highest BCUT2D eigenvalue weighted by Gasteiger charge is 2.08. The maximum absolute atomic E-state index is 5.91. The molecule has 0 amide bonds. The summed E-state index contributed by atoms with van der Waals surface area (Å²) in [5.74, 6) is 0.447. The quantitative estimate of drug-likeness (QED) is 0.751. The molecule has 0 radical (unpaired) electrons. The lowest BCUT2D eigenvalue weighted by molar-refractivity contribution is 0.110. The molecule has 1 rings (SSSR count). The van der Waals surface area contributed by atoms with Gasteiger partial charge in [0.05, 0.1) is 16.7 Å². The van der Waals surface area contributed by atoms with E-state index in [1.54, 1.807) is 12.1 Å². The lowest BCUT2D eigenvalue weighted by Gasteiger charge is -2.10.